The number of piperidine rings is 1. The van der Waals surface area contributed by atoms with E-state index < -0.39 is 0 Å². The Bertz CT molecular complexity index is 926. The molecule has 5 rings (SSSR count). The molecule has 1 unspecified atom stereocenters. The minimum absolute atomic E-state index is 0.475. The summed E-state index contributed by atoms with van der Waals surface area (Å²) in [4.78, 5) is 5.62. The minimum Gasteiger partial charge on any atom is -0.497 e. The van der Waals surface area contributed by atoms with E-state index in [1.807, 2.05) is 0 Å². The van der Waals surface area contributed by atoms with Gasteiger partial charge in [-0.3, -0.25) is 9.80 Å². The molecule has 3 aliphatic rings. The topological polar surface area (TPSA) is 27.7 Å². The zero-order chi connectivity index (χ0) is 23.5. The van der Waals surface area contributed by atoms with Gasteiger partial charge in [0.15, 0.2) is 0 Å². The van der Waals surface area contributed by atoms with Crippen molar-refractivity contribution in [3.63, 3.8) is 0 Å². The van der Waals surface area contributed by atoms with Gasteiger partial charge in [-0.15, -0.1) is 0 Å². The van der Waals surface area contributed by atoms with Gasteiger partial charge in [-0.25, -0.2) is 0 Å². The fourth-order valence-corrected chi connectivity index (χ4v) is 6.80. The third kappa shape index (κ3) is 5.05. The Hall–Kier alpha value is -1.88. The lowest BCUT2D eigenvalue weighted by molar-refractivity contribution is -0.0389. The number of nitrogens with one attached hydrogen (secondary N) is 1. The van der Waals surface area contributed by atoms with Crippen molar-refractivity contribution >= 4 is 0 Å². The molecule has 184 valence electrons. The van der Waals surface area contributed by atoms with Gasteiger partial charge in [0.25, 0.3) is 0 Å². The van der Waals surface area contributed by atoms with Crippen molar-refractivity contribution in [2.75, 3.05) is 39.8 Å². The van der Waals surface area contributed by atoms with E-state index in [4.69, 9.17) is 4.74 Å². The molecule has 2 heterocycles. The average Bonchev–Trinajstić information content (AvgIpc) is 3.05. The van der Waals surface area contributed by atoms with Crippen LogP contribution in [0.15, 0.2) is 48.5 Å². The molecule has 1 atom stereocenters. The fraction of sp³-hybridized carbons (Fsp3) is 0.600. The number of hydrogen-bond donors (Lipinski definition) is 1. The third-order valence-electron chi connectivity index (χ3n) is 8.73. The maximum Gasteiger partial charge on any atom is 0.118 e. The van der Waals surface area contributed by atoms with E-state index in [0.717, 1.165) is 24.9 Å². The molecular formula is C30H43N3O. The molecule has 1 spiro atoms. The quantitative estimate of drug-likeness (QED) is 0.606. The molecule has 4 nitrogen and oxygen atoms in total. The highest BCUT2D eigenvalue weighted by atomic mass is 16.5. The van der Waals surface area contributed by atoms with Crippen LogP contribution in [-0.4, -0.2) is 55.7 Å². The van der Waals surface area contributed by atoms with Crippen LogP contribution >= 0.6 is 0 Å². The number of rotatable bonds is 6. The van der Waals surface area contributed by atoms with Crippen molar-refractivity contribution in [1.82, 2.24) is 15.1 Å². The Kier molecular flexibility index (Phi) is 7.29. The van der Waals surface area contributed by atoms with E-state index in [-0.39, 0.29) is 0 Å². The Balaban J connectivity index is 1.38. The van der Waals surface area contributed by atoms with E-state index in [2.05, 4.69) is 77.5 Å². The van der Waals surface area contributed by atoms with Crippen molar-refractivity contribution in [3.05, 3.63) is 65.2 Å². The first kappa shape index (κ1) is 23.8. The monoisotopic (exact) mass is 461 g/mol. The zero-order valence-corrected chi connectivity index (χ0v) is 21.4. The van der Waals surface area contributed by atoms with Gasteiger partial charge >= 0.3 is 0 Å². The van der Waals surface area contributed by atoms with Crippen LogP contribution in [0.1, 0.15) is 74.6 Å². The molecule has 0 bridgehead atoms. The molecule has 2 aromatic carbocycles. The number of nitrogens with zero attached hydrogens (tertiary/aromatic N) is 2. The van der Waals surface area contributed by atoms with Crippen LogP contribution in [0.5, 0.6) is 5.75 Å². The summed E-state index contributed by atoms with van der Waals surface area (Å²) in [5.74, 6) is 1.49. The van der Waals surface area contributed by atoms with Gasteiger partial charge < -0.3 is 10.1 Å². The number of benzene rings is 2. The minimum atomic E-state index is 0.475. The molecule has 2 aromatic rings. The molecule has 0 radical (unpaired) electrons. The third-order valence-corrected chi connectivity index (χ3v) is 8.73. The summed E-state index contributed by atoms with van der Waals surface area (Å²) in [6.07, 6.45) is 6.78. The first-order valence-corrected chi connectivity index (χ1v) is 13.5. The van der Waals surface area contributed by atoms with Crippen LogP contribution < -0.4 is 10.1 Å². The second-order valence-corrected chi connectivity index (χ2v) is 11.3. The summed E-state index contributed by atoms with van der Waals surface area (Å²) in [5, 5.41) is 3.58. The molecule has 0 amide bonds. The summed E-state index contributed by atoms with van der Waals surface area (Å²) >= 11 is 0. The Morgan fingerprint density at radius 1 is 1.00 bits per heavy atom. The van der Waals surface area contributed by atoms with Crippen molar-refractivity contribution in [2.24, 2.45) is 5.41 Å². The lowest BCUT2D eigenvalue weighted by atomic mass is 9.60. The summed E-state index contributed by atoms with van der Waals surface area (Å²) < 4.78 is 5.37. The highest BCUT2D eigenvalue weighted by Crippen LogP contribution is 2.52. The lowest BCUT2D eigenvalue weighted by Gasteiger charge is -2.55. The Labute approximate surface area is 206 Å². The predicted octanol–water partition coefficient (Wildman–Crippen LogP) is 5.60. The second-order valence-electron chi connectivity index (χ2n) is 11.3. The Morgan fingerprint density at radius 3 is 2.44 bits per heavy atom. The Morgan fingerprint density at radius 2 is 1.74 bits per heavy atom. The largest absolute Gasteiger partial charge is 0.497 e. The van der Waals surface area contributed by atoms with Gasteiger partial charge in [0, 0.05) is 31.7 Å². The number of hydrogen-bond acceptors (Lipinski definition) is 4. The van der Waals surface area contributed by atoms with E-state index in [9.17, 15) is 0 Å². The standard InChI is InChI=1S/C30H43N3O/c1-23(2)27-7-4-5-8-28(27)29-22-32(21-24-9-11-26(34-3)12-10-24)17-6-18-33(29)25-19-30(20-25)13-15-31-16-14-30/h4-5,7-12,23,25,29,31H,6,13-22H2,1-3H3. The van der Waals surface area contributed by atoms with Crippen LogP contribution in [0.25, 0.3) is 0 Å². The summed E-state index contributed by atoms with van der Waals surface area (Å²) in [7, 11) is 1.74. The van der Waals surface area contributed by atoms with E-state index in [1.54, 1.807) is 12.7 Å². The molecular weight excluding hydrogens is 418 g/mol. The molecule has 1 saturated carbocycles. The van der Waals surface area contributed by atoms with Gasteiger partial charge in [-0.05, 0) is 91.9 Å². The van der Waals surface area contributed by atoms with E-state index >= 15 is 0 Å². The summed E-state index contributed by atoms with van der Waals surface area (Å²) in [6, 6.07) is 19.1. The number of ether oxygens (including phenoxy) is 1. The highest BCUT2D eigenvalue weighted by Gasteiger charge is 2.48. The van der Waals surface area contributed by atoms with E-state index in [1.165, 1.54) is 69.4 Å². The van der Waals surface area contributed by atoms with Crippen molar-refractivity contribution in [1.29, 1.82) is 0 Å². The molecule has 2 aliphatic heterocycles. The summed E-state index contributed by atoms with van der Waals surface area (Å²) in [5.41, 5.74) is 5.08. The molecule has 34 heavy (non-hydrogen) atoms. The normalized spacial score (nSPS) is 24.2. The molecule has 1 aliphatic carbocycles. The second kappa shape index (κ2) is 10.4. The van der Waals surface area contributed by atoms with Gasteiger partial charge in [0.2, 0.25) is 0 Å². The van der Waals surface area contributed by atoms with Crippen molar-refractivity contribution < 1.29 is 4.74 Å². The fourth-order valence-electron chi connectivity index (χ4n) is 6.80. The van der Waals surface area contributed by atoms with Crippen LogP contribution in [0.3, 0.4) is 0 Å². The predicted molar refractivity (Wildman–Crippen MR) is 140 cm³/mol. The molecule has 0 aromatic heterocycles. The smallest absolute Gasteiger partial charge is 0.118 e. The van der Waals surface area contributed by atoms with Gasteiger partial charge in [-0.1, -0.05) is 50.2 Å². The van der Waals surface area contributed by atoms with Crippen LogP contribution in [-0.2, 0) is 6.54 Å². The van der Waals surface area contributed by atoms with Crippen molar-refractivity contribution in [3.8, 4) is 5.75 Å². The first-order valence-electron chi connectivity index (χ1n) is 13.5. The molecule has 1 N–H and O–H groups in total. The molecule has 3 fully saturated rings. The highest BCUT2D eigenvalue weighted by molar-refractivity contribution is 5.33. The van der Waals surface area contributed by atoms with Gasteiger partial charge in [-0.2, -0.15) is 0 Å². The van der Waals surface area contributed by atoms with Crippen molar-refractivity contribution in [2.45, 2.75) is 70.5 Å². The first-order chi connectivity index (χ1) is 16.6. The zero-order valence-electron chi connectivity index (χ0n) is 21.4. The van der Waals surface area contributed by atoms with Crippen LogP contribution in [0.2, 0.25) is 0 Å². The van der Waals surface area contributed by atoms with Crippen LogP contribution in [0.4, 0.5) is 0 Å². The molecule has 2 saturated heterocycles. The maximum absolute atomic E-state index is 5.37. The van der Waals surface area contributed by atoms with E-state index in [0.29, 0.717) is 17.4 Å². The SMILES string of the molecule is COc1ccc(CN2CCCN(C3CC4(CCNCC4)C3)C(c3ccccc3C(C)C)C2)cc1. The number of methoxy groups -OCH3 is 1. The lowest BCUT2D eigenvalue weighted by Crippen LogP contribution is -2.55. The van der Waals surface area contributed by atoms with Gasteiger partial charge in [0.05, 0.1) is 7.11 Å². The summed E-state index contributed by atoms with van der Waals surface area (Å²) in [6.45, 7) is 11.6. The maximum atomic E-state index is 5.37. The molecule has 4 heteroatoms. The van der Waals surface area contributed by atoms with Gasteiger partial charge in [0.1, 0.15) is 5.75 Å². The average molecular weight is 462 g/mol. The van der Waals surface area contributed by atoms with Crippen LogP contribution in [0, 0.1) is 5.41 Å².